The van der Waals surface area contributed by atoms with Gasteiger partial charge in [0.15, 0.2) is 8.32 Å². The minimum Gasteiger partial charge on any atom is -0.405 e. The Bertz CT molecular complexity index is 2140. The average Bonchev–Trinajstić information content (AvgIpc) is 3.56. The number of hydrogen-bond donors (Lipinski definition) is 0. The zero-order chi connectivity index (χ0) is 49.7. The molecule has 2 aromatic rings. The van der Waals surface area contributed by atoms with E-state index in [0.29, 0.717) is 26.2 Å². The summed E-state index contributed by atoms with van der Waals surface area (Å²) in [7, 11) is -1.97. The predicted octanol–water partition coefficient (Wildman–Crippen LogP) is 11.7. The smallest absolute Gasteiger partial charge is 0.193 e. The van der Waals surface area contributed by atoms with Gasteiger partial charge in [0.2, 0.25) is 0 Å². The molecule has 13 heteroatoms. The lowest BCUT2D eigenvalue weighted by Gasteiger charge is -2.62. The van der Waals surface area contributed by atoms with Gasteiger partial charge in [-0.2, -0.15) is 0 Å². The molecular weight excluding hydrogens is 1030 g/mol. The van der Waals surface area contributed by atoms with Crippen molar-refractivity contribution in [3.05, 3.63) is 94.1 Å². The SMILES string of the molecule is CC[Si](CC)(CC)O[C@@]1(C)C=C[C@H]2O[C@@]3(C)C[C@@]4(C)O[C@H]5C[C@H]6O[C@H]7C[C@H]8O[C@@H](CCCOCc9ccccc9)C[C@H](OCc9ccccc9)[C@]8(C)O[C@]7(C)C[C@@H]6O[C@@H]5CC[C@@H]4O[C@@H]3C[C@@H]2O[C@@H]1/C=C\I. The standard InChI is InChI=1S/C58H83IO11Si/c1-9-71(10-2,11-3)70-54(4)28-26-43-45(64-49(54)27-29-59)33-50-57(7,67-43)38-56(6)48(66-50)25-24-42-46(68-56)32-44-47(63-42)35-55(5)51(65-44)34-53-58(8,69-55)52(61-37-40-21-16-13-17-22-40)31-41(62-53)23-18-30-60-36-39-19-14-12-15-20-39/h12-17,19-22,26-29,41-53H,9-11,18,23-25,30-38H2,1-8H3/b29-27-/t41-,42+,43+,44+,45-,46-,47-,48-,49+,50+,51-,52-,53+,54-,55+,56+,57-,58-/m0/s1. The van der Waals surface area contributed by atoms with Crippen molar-refractivity contribution >= 4 is 30.9 Å². The average molecular weight is 1110 g/mol. The highest BCUT2D eigenvalue weighted by molar-refractivity contribution is 14.1. The Morgan fingerprint density at radius 3 is 2.08 bits per heavy atom. The van der Waals surface area contributed by atoms with Crippen molar-refractivity contribution < 1.29 is 51.8 Å². The van der Waals surface area contributed by atoms with Gasteiger partial charge in [-0.15, -0.1) is 0 Å². The molecule has 0 spiro atoms. The normalized spacial score (nSPS) is 44.2. The molecule has 71 heavy (non-hydrogen) atoms. The van der Waals surface area contributed by atoms with Crippen molar-refractivity contribution in [3.63, 3.8) is 0 Å². The molecule has 392 valence electrons. The van der Waals surface area contributed by atoms with E-state index in [1.807, 2.05) is 12.1 Å². The van der Waals surface area contributed by atoms with Gasteiger partial charge in [0.1, 0.15) is 23.4 Å². The molecule has 8 aliphatic rings. The zero-order valence-corrected chi connectivity index (χ0v) is 46.9. The van der Waals surface area contributed by atoms with E-state index in [4.69, 9.17) is 51.8 Å². The van der Waals surface area contributed by atoms with E-state index in [0.717, 1.165) is 81.5 Å². The lowest BCUT2D eigenvalue weighted by atomic mass is 9.72. The molecule has 0 aromatic heterocycles. The highest BCUT2D eigenvalue weighted by atomic mass is 127. The Hall–Kier alpha value is -1.57. The minimum absolute atomic E-state index is 0.0212. The van der Waals surface area contributed by atoms with Crippen LogP contribution in [-0.2, 0) is 65.0 Å². The van der Waals surface area contributed by atoms with E-state index in [1.54, 1.807) is 0 Å². The first-order valence-corrected chi connectivity index (χ1v) is 31.2. The third-order valence-electron chi connectivity index (χ3n) is 18.3. The Kier molecular flexibility index (Phi) is 16.0. The summed E-state index contributed by atoms with van der Waals surface area (Å²) < 4.78 is 80.0. The molecule has 7 fully saturated rings. The molecule has 0 unspecified atom stereocenters. The summed E-state index contributed by atoms with van der Waals surface area (Å²) in [6.07, 6.45) is 12.7. The van der Waals surface area contributed by atoms with Gasteiger partial charge in [-0.05, 0) is 99.7 Å². The van der Waals surface area contributed by atoms with Gasteiger partial charge in [-0.25, -0.2) is 0 Å². The van der Waals surface area contributed by atoms with E-state index in [9.17, 15) is 0 Å². The summed E-state index contributed by atoms with van der Waals surface area (Å²) in [5, 5.41) is 0. The first-order chi connectivity index (χ1) is 34.1. The van der Waals surface area contributed by atoms with Gasteiger partial charge in [0.05, 0.1) is 97.2 Å². The first kappa shape index (κ1) is 52.9. The molecule has 0 amide bonds. The highest BCUT2D eigenvalue weighted by Gasteiger charge is 2.65. The molecule has 0 bridgehead atoms. The number of ether oxygens (including phenoxy) is 10. The summed E-state index contributed by atoms with van der Waals surface area (Å²) in [5.74, 6) is 0. The van der Waals surface area contributed by atoms with Gasteiger partial charge in [-0.1, -0.05) is 116 Å². The van der Waals surface area contributed by atoms with Gasteiger partial charge in [0, 0.05) is 45.1 Å². The van der Waals surface area contributed by atoms with Gasteiger partial charge in [0.25, 0.3) is 0 Å². The highest BCUT2D eigenvalue weighted by Crippen LogP contribution is 2.55. The molecule has 11 nitrogen and oxygen atoms in total. The monoisotopic (exact) mass is 1110 g/mol. The third kappa shape index (κ3) is 10.8. The van der Waals surface area contributed by atoms with Crippen LogP contribution in [0, 0.1) is 0 Å². The number of hydrogen-bond acceptors (Lipinski definition) is 11. The van der Waals surface area contributed by atoms with E-state index >= 15 is 0 Å². The lowest BCUT2D eigenvalue weighted by Crippen LogP contribution is -2.72. The second-order valence-electron chi connectivity index (χ2n) is 23.4. The fraction of sp³-hybridized carbons (Fsp3) is 0.724. The fourth-order valence-corrected chi connectivity index (χ4v) is 17.5. The summed E-state index contributed by atoms with van der Waals surface area (Å²) in [6.45, 7) is 19.8. The van der Waals surface area contributed by atoms with Crippen molar-refractivity contribution in [3.8, 4) is 0 Å². The predicted molar refractivity (Wildman–Crippen MR) is 284 cm³/mol. The van der Waals surface area contributed by atoms with Crippen molar-refractivity contribution in [1.29, 1.82) is 0 Å². The molecule has 7 saturated heterocycles. The van der Waals surface area contributed by atoms with E-state index in [-0.39, 0.29) is 79.4 Å². The Balaban J connectivity index is 0.813. The Morgan fingerprint density at radius 1 is 0.662 bits per heavy atom. The lowest BCUT2D eigenvalue weighted by molar-refractivity contribution is -0.373. The van der Waals surface area contributed by atoms with Crippen LogP contribution in [0.1, 0.15) is 131 Å². The van der Waals surface area contributed by atoms with Crippen LogP contribution in [-0.4, -0.2) is 122 Å². The van der Waals surface area contributed by atoms with Crippen molar-refractivity contribution in [2.24, 2.45) is 0 Å². The van der Waals surface area contributed by atoms with E-state index < -0.39 is 36.3 Å². The molecule has 18 atom stereocenters. The van der Waals surface area contributed by atoms with Crippen LogP contribution in [0.5, 0.6) is 0 Å². The van der Waals surface area contributed by atoms with Gasteiger partial charge < -0.3 is 51.8 Å². The molecule has 2 aromatic carbocycles. The van der Waals surface area contributed by atoms with Crippen LogP contribution in [0.3, 0.4) is 0 Å². The van der Waals surface area contributed by atoms with Crippen LogP contribution >= 0.6 is 22.6 Å². The summed E-state index contributed by atoms with van der Waals surface area (Å²) in [5.41, 5.74) is -0.655. The van der Waals surface area contributed by atoms with Crippen LogP contribution in [0.25, 0.3) is 0 Å². The first-order valence-electron chi connectivity index (χ1n) is 27.4. The largest absolute Gasteiger partial charge is 0.405 e. The van der Waals surface area contributed by atoms with Crippen LogP contribution < -0.4 is 0 Å². The number of benzene rings is 2. The third-order valence-corrected chi connectivity index (χ3v) is 23.5. The topological polar surface area (TPSA) is 102 Å². The van der Waals surface area contributed by atoms with Crippen LogP contribution in [0.15, 0.2) is 83.0 Å². The van der Waals surface area contributed by atoms with Crippen LogP contribution in [0.2, 0.25) is 18.1 Å². The molecule has 8 aliphatic heterocycles. The second kappa shape index (κ2) is 21.5. The van der Waals surface area contributed by atoms with Crippen molar-refractivity contribution in [2.45, 2.75) is 258 Å². The van der Waals surface area contributed by atoms with Crippen LogP contribution in [0.4, 0.5) is 0 Å². The van der Waals surface area contributed by atoms with Gasteiger partial charge in [-0.3, -0.25) is 0 Å². The van der Waals surface area contributed by atoms with Crippen molar-refractivity contribution in [1.82, 2.24) is 0 Å². The Labute approximate surface area is 439 Å². The quantitative estimate of drug-likeness (QED) is 0.0737. The molecule has 0 aliphatic carbocycles. The molecule has 0 saturated carbocycles. The molecule has 10 rings (SSSR count). The maximum Gasteiger partial charge on any atom is 0.193 e. The molecule has 8 heterocycles. The fourth-order valence-electron chi connectivity index (χ4n) is 14.1. The zero-order valence-electron chi connectivity index (χ0n) is 43.8. The number of rotatable bonds is 15. The summed E-state index contributed by atoms with van der Waals surface area (Å²) in [6, 6.07) is 24.0. The van der Waals surface area contributed by atoms with E-state index in [1.165, 1.54) is 5.56 Å². The Morgan fingerprint density at radius 2 is 1.37 bits per heavy atom. The molecule has 0 radical (unpaired) electrons. The molecule has 0 N–H and O–H groups in total. The maximum absolute atomic E-state index is 7.43. The molecular formula is C58H83IO11Si. The second-order valence-corrected chi connectivity index (χ2v) is 28.8. The maximum atomic E-state index is 7.43. The number of halogens is 1. The minimum atomic E-state index is -1.97. The van der Waals surface area contributed by atoms with Gasteiger partial charge >= 0.3 is 0 Å². The van der Waals surface area contributed by atoms with Crippen molar-refractivity contribution in [2.75, 3.05) is 6.61 Å². The summed E-state index contributed by atoms with van der Waals surface area (Å²) >= 11 is 2.31. The number of fused-ring (bicyclic) bond motifs is 7. The van der Waals surface area contributed by atoms with E-state index in [2.05, 4.69) is 149 Å². The summed E-state index contributed by atoms with van der Waals surface area (Å²) in [4.78, 5) is 0.